The maximum Gasteiger partial charge on any atom is 0.191 e. The van der Waals surface area contributed by atoms with Crippen molar-refractivity contribution in [1.29, 1.82) is 0 Å². The number of nitrogens with zero attached hydrogens (tertiary/aromatic N) is 1. The van der Waals surface area contributed by atoms with Crippen LogP contribution in [0.25, 0.3) is 0 Å². The quantitative estimate of drug-likeness (QED) is 0.414. The van der Waals surface area contributed by atoms with Gasteiger partial charge in [-0.25, -0.2) is 0 Å². The molecule has 0 aliphatic heterocycles. The van der Waals surface area contributed by atoms with E-state index in [1.54, 1.807) is 6.26 Å². The molecule has 0 aromatic carbocycles. The maximum atomic E-state index is 5.34. The minimum absolute atomic E-state index is 0.162. The Labute approximate surface area is 136 Å². The first-order valence-corrected chi connectivity index (χ1v) is 9.78. The summed E-state index contributed by atoms with van der Waals surface area (Å²) >= 11 is 3.67. The minimum atomic E-state index is 0.162. The van der Waals surface area contributed by atoms with Crippen molar-refractivity contribution in [2.75, 3.05) is 37.9 Å². The van der Waals surface area contributed by atoms with Gasteiger partial charge in [-0.05, 0) is 38.5 Å². The van der Waals surface area contributed by atoms with E-state index >= 15 is 0 Å². The molecule has 2 N–H and O–H groups in total. The summed E-state index contributed by atoms with van der Waals surface area (Å²) in [5.41, 5.74) is 0. The lowest BCUT2D eigenvalue weighted by molar-refractivity contribution is 0.506. The normalized spacial score (nSPS) is 12.5. The van der Waals surface area contributed by atoms with Gasteiger partial charge in [0, 0.05) is 30.0 Å². The van der Waals surface area contributed by atoms with Crippen LogP contribution in [-0.2, 0) is 6.42 Å². The Kier molecular flexibility index (Phi) is 8.76. The van der Waals surface area contributed by atoms with Crippen molar-refractivity contribution in [1.82, 2.24) is 10.6 Å². The van der Waals surface area contributed by atoms with E-state index in [2.05, 4.69) is 37.0 Å². The number of furan rings is 1. The van der Waals surface area contributed by atoms with Crippen LogP contribution in [0.4, 0.5) is 0 Å². The number of thioether (sulfide) groups is 2. The first kappa shape index (κ1) is 18.3. The van der Waals surface area contributed by atoms with Crippen LogP contribution < -0.4 is 10.6 Å². The highest BCUT2D eigenvalue weighted by Gasteiger charge is 2.15. The molecule has 1 rings (SSSR count). The third kappa shape index (κ3) is 8.31. The zero-order valence-electron chi connectivity index (χ0n) is 13.4. The SMILES string of the molecule is CSCCNC(=NCC(C)(C)SC)NCCc1ccco1. The molecule has 0 fully saturated rings. The molecule has 21 heavy (non-hydrogen) atoms. The molecule has 0 saturated carbocycles. The topological polar surface area (TPSA) is 49.6 Å². The van der Waals surface area contributed by atoms with Crippen molar-refractivity contribution < 1.29 is 4.42 Å². The van der Waals surface area contributed by atoms with E-state index in [-0.39, 0.29) is 4.75 Å². The van der Waals surface area contributed by atoms with Crippen molar-refractivity contribution in [2.24, 2.45) is 4.99 Å². The second-order valence-corrected chi connectivity index (χ2v) is 7.80. The highest BCUT2D eigenvalue weighted by Crippen LogP contribution is 2.20. The van der Waals surface area contributed by atoms with Gasteiger partial charge < -0.3 is 15.1 Å². The Morgan fingerprint density at radius 1 is 1.29 bits per heavy atom. The number of rotatable bonds is 9. The largest absolute Gasteiger partial charge is 0.469 e. The summed E-state index contributed by atoms with van der Waals surface area (Å²) in [6.07, 6.45) is 6.81. The lowest BCUT2D eigenvalue weighted by Gasteiger charge is -2.20. The number of nitrogens with one attached hydrogen (secondary N) is 2. The molecule has 0 aliphatic rings. The zero-order chi connectivity index (χ0) is 15.6. The van der Waals surface area contributed by atoms with Gasteiger partial charge in [0.25, 0.3) is 0 Å². The summed E-state index contributed by atoms with van der Waals surface area (Å²) in [5.74, 6) is 2.96. The van der Waals surface area contributed by atoms with E-state index in [9.17, 15) is 0 Å². The molecule has 120 valence electrons. The van der Waals surface area contributed by atoms with Crippen molar-refractivity contribution in [3.05, 3.63) is 24.2 Å². The standard InChI is InChI=1S/C15H27N3OS2/c1-15(2,21-4)12-18-14(17-9-11-20-3)16-8-7-13-6-5-10-19-13/h5-6,10H,7-9,11-12H2,1-4H3,(H2,16,17,18). The average Bonchev–Trinajstić information content (AvgIpc) is 2.98. The Morgan fingerprint density at radius 3 is 2.67 bits per heavy atom. The van der Waals surface area contributed by atoms with Crippen molar-refractivity contribution in [3.8, 4) is 0 Å². The lowest BCUT2D eigenvalue weighted by Crippen LogP contribution is -2.40. The summed E-state index contributed by atoms with van der Waals surface area (Å²) < 4.78 is 5.50. The molecule has 1 heterocycles. The van der Waals surface area contributed by atoms with Crippen LogP contribution in [0, 0.1) is 0 Å². The summed E-state index contributed by atoms with van der Waals surface area (Å²) in [6.45, 7) is 6.96. The van der Waals surface area contributed by atoms with Crippen LogP contribution >= 0.6 is 23.5 Å². The second kappa shape index (κ2) is 10.1. The van der Waals surface area contributed by atoms with Gasteiger partial charge in [-0.15, -0.1) is 0 Å². The van der Waals surface area contributed by atoms with Gasteiger partial charge in [0.15, 0.2) is 5.96 Å². The zero-order valence-corrected chi connectivity index (χ0v) is 15.1. The molecule has 0 radical (unpaired) electrons. The highest BCUT2D eigenvalue weighted by molar-refractivity contribution is 8.00. The fraction of sp³-hybridized carbons (Fsp3) is 0.667. The predicted octanol–water partition coefficient (Wildman–Crippen LogP) is 2.86. The molecule has 0 atom stereocenters. The molecule has 0 aliphatic carbocycles. The molecule has 4 nitrogen and oxygen atoms in total. The number of hydrogen-bond acceptors (Lipinski definition) is 4. The molecule has 0 saturated heterocycles. The summed E-state index contributed by atoms with van der Waals surface area (Å²) in [4.78, 5) is 4.69. The number of hydrogen-bond donors (Lipinski definition) is 2. The van der Waals surface area contributed by atoms with Crippen LogP contribution in [0.1, 0.15) is 19.6 Å². The Morgan fingerprint density at radius 2 is 2.05 bits per heavy atom. The van der Waals surface area contributed by atoms with Crippen LogP contribution in [0.5, 0.6) is 0 Å². The summed E-state index contributed by atoms with van der Waals surface area (Å²) in [7, 11) is 0. The van der Waals surface area contributed by atoms with Gasteiger partial charge in [0.2, 0.25) is 0 Å². The van der Waals surface area contributed by atoms with Crippen LogP contribution in [0.15, 0.2) is 27.8 Å². The van der Waals surface area contributed by atoms with E-state index in [0.717, 1.165) is 43.5 Å². The maximum absolute atomic E-state index is 5.34. The molecule has 0 bridgehead atoms. The highest BCUT2D eigenvalue weighted by atomic mass is 32.2. The predicted molar refractivity (Wildman–Crippen MR) is 96.7 cm³/mol. The molecular weight excluding hydrogens is 302 g/mol. The smallest absolute Gasteiger partial charge is 0.191 e. The average molecular weight is 330 g/mol. The van der Waals surface area contributed by atoms with Gasteiger partial charge in [0.05, 0.1) is 12.8 Å². The van der Waals surface area contributed by atoms with Crippen LogP contribution in [0.2, 0.25) is 0 Å². The summed E-state index contributed by atoms with van der Waals surface area (Å²) in [6, 6.07) is 3.92. The Balaban J connectivity index is 2.44. The van der Waals surface area contributed by atoms with E-state index in [0.29, 0.717) is 0 Å². The summed E-state index contributed by atoms with van der Waals surface area (Å²) in [5, 5.41) is 6.75. The first-order chi connectivity index (χ1) is 10.1. The van der Waals surface area contributed by atoms with Gasteiger partial charge in [-0.1, -0.05) is 0 Å². The van der Waals surface area contributed by atoms with E-state index in [1.165, 1.54) is 0 Å². The number of aliphatic imine (C=N–C) groups is 1. The molecular formula is C15H27N3OS2. The molecule has 0 amide bonds. The third-order valence-corrected chi connectivity index (χ3v) is 4.86. The van der Waals surface area contributed by atoms with Gasteiger partial charge in [-0.2, -0.15) is 23.5 Å². The van der Waals surface area contributed by atoms with E-state index < -0.39 is 0 Å². The Hall–Kier alpha value is -0.750. The minimum Gasteiger partial charge on any atom is -0.469 e. The van der Waals surface area contributed by atoms with Crippen molar-refractivity contribution in [3.63, 3.8) is 0 Å². The van der Waals surface area contributed by atoms with E-state index in [1.807, 2.05) is 35.7 Å². The molecule has 1 aromatic heterocycles. The molecule has 0 unspecified atom stereocenters. The van der Waals surface area contributed by atoms with Crippen molar-refractivity contribution >= 4 is 29.5 Å². The van der Waals surface area contributed by atoms with Gasteiger partial charge in [0.1, 0.15) is 5.76 Å². The lowest BCUT2D eigenvalue weighted by atomic mass is 10.2. The van der Waals surface area contributed by atoms with Crippen LogP contribution in [0.3, 0.4) is 0 Å². The van der Waals surface area contributed by atoms with Crippen LogP contribution in [-0.4, -0.2) is 48.6 Å². The monoisotopic (exact) mass is 329 g/mol. The molecule has 6 heteroatoms. The van der Waals surface area contributed by atoms with Crippen molar-refractivity contribution in [2.45, 2.75) is 25.0 Å². The fourth-order valence-electron chi connectivity index (χ4n) is 1.54. The second-order valence-electron chi connectivity index (χ2n) is 5.30. The number of guanidine groups is 1. The Bertz CT molecular complexity index is 405. The third-order valence-electron chi connectivity index (χ3n) is 3.01. The molecule has 0 spiro atoms. The van der Waals surface area contributed by atoms with Gasteiger partial charge >= 0.3 is 0 Å². The van der Waals surface area contributed by atoms with E-state index in [4.69, 9.17) is 9.41 Å². The van der Waals surface area contributed by atoms with Gasteiger partial charge in [-0.3, -0.25) is 4.99 Å². The molecule has 1 aromatic rings. The first-order valence-electron chi connectivity index (χ1n) is 7.16. The fourth-order valence-corrected chi connectivity index (χ4v) is 2.04.